The van der Waals surface area contributed by atoms with Gasteiger partial charge in [0.15, 0.2) is 0 Å². The molecule has 2 unspecified atom stereocenters. The summed E-state index contributed by atoms with van der Waals surface area (Å²) in [5.74, 6) is 0. The van der Waals surface area contributed by atoms with E-state index in [1.165, 1.54) is 17.5 Å². The summed E-state index contributed by atoms with van der Waals surface area (Å²) in [5, 5.41) is 6.92. The Morgan fingerprint density at radius 2 is 2.17 bits per heavy atom. The molecule has 3 heteroatoms. The lowest BCUT2D eigenvalue weighted by molar-refractivity contribution is 0.0645. The molecule has 1 aliphatic heterocycles. The highest BCUT2D eigenvalue weighted by atomic mass is 16.5. The first kappa shape index (κ1) is 13.5. The molecule has 0 aliphatic carbocycles. The van der Waals surface area contributed by atoms with Crippen molar-refractivity contribution in [2.75, 3.05) is 26.8 Å². The van der Waals surface area contributed by atoms with Crippen molar-refractivity contribution in [1.29, 1.82) is 0 Å². The highest BCUT2D eigenvalue weighted by Crippen LogP contribution is 2.19. The summed E-state index contributed by atoms with van der Waals surface area (Å²) in [4.78, 5) is 0. The topological polar surface area (TPSA) is 33.3 Å². The number of hydrogen-bond donors (Lipinski definition) is 2. The van der Waals surface area contributed by atoms with Crippen molar-refractivity contribution in [3.8, 4) is 0 Å². The summed E-state index contributed by atoms with van der Waals surface area (Å²) in [5.41, 5.74) is 2.75. The predicted molar refractivity (Wildman–Crippen MR) is 74.8 cm³/mol. The highest BCUT2D eigenvalue weighted by Gasteiger charge is 2.23. The van der Waals surface area contributed by atoms with Crippen LogP contribution in [0.3, 0.4) is 0 Å². The van der Waals surface area contributed by atoms with Gasteiger partial charge in [0.05, 0.1) is 19.3 Å². The minimum atomic E-state index is 0.320. The predicted octanol–water partition coefficient (Wildman–Crippen LogP) is 1.89. The number of likely N-dealkylation sites (N-methyl/N-ethyl adjacent to an activating group) is 1. The van der Waals surface area contributed by atoms with E-state index in [4.69, 9.17) is 4.74 Å². The van der Waals surface area contributed by atoms with Gasteiger partial charge in [0, 0.05) is 12.6 Å². The SMILES string of the molecule is CCCc1ccc(C(NC)C2COCCN2)cc1. The maximum absolute atomic E-state index is 5.55. The lowest BCUT2D eigenvalue weighted by Gasteiger charge is -2.31. The third kappa shape index (κ3) is 3.31. The molecule has 18 heavy (non-hydrogen) atoms. The summed E-state index contributed by atoms with van der Waals surface area (Å²) in [7, 11) is 2.01. The van der Waals surface area contributed by atoms with Crippen LogP contribution in [0.25, 0.3) is 0 Å². The van der Waals surface area contributed by atoms with Crippen LogP contribution in [0.15, 0.2) is 24.3 Å². The Labute approximate surface area is 110 Å². The van der Waals surface area contributed by atoms with Crippen molar-refractivity contribution in [1.82, 2.24) is 10.6 Å². The number of benzene rings is 1. The second-order valence-electron chi connectivity index (χ2n) is 4.89. The zero-order valence-corrected chi connectivity index (χ0v) is 11.4. The smallest absolute Gasteiger partial charge is 0.0638 e. The van der Waals surface area contributed by atoms with Crippen LogP contribution in [0.4, 0.5) is 0 Å². The van der Waals surface area contributed by atoms with E-state index in [1.807, 2.05) is 7.05 Å². The first-order valence-corrected chi connectivity index (χ1v) is 6.92. The van der Waals surface area contributed by atoms with Crippen LogP contribution in [-0.2, 0) is 11.2 Å². The molecule has 100 valence electrons. The van der Waals surface area contributed by atoms with Crippen LogP contribution in [0, 0.1) is 0 Å². The zero-order valence-electron chi connectivity index (χ0n) is 11.4. The molecular weight excluding hydrogens is 224 g/mol. The molecule has 0 amide bonds. The number of hydrogen-bond acceptors (Lipinski definition) is 3. The number of aryl methyl sites for hydroxylation is 1. The van der Waals surface area contributed by atoms with E-state index in [0.29, 0.717) is 12.1 Å². The van der Waals surface area contributed by atoms with Crippen molar-refractivity contribution >= 4 is 0 Å². The second-order valence-corrected chi connectivity index (χ2v) is 4.89. The van der Waals surface area contributed by atoms with Gasteiger partial charge in [-0.3, -0.25) is 0 Å². The Kier molecular flexibility index (Phi) is 5.17. The van der Waals surface area contributed by atoms with E-state index in [0.717, 1.165) is 26.2 Å². The van der Waals surface area contributed by atoms with Gasteiger partial charge in [0.1, 0.15) is 0 Å². The molecule has 2 rings (SSSR count). The van der Waals surface area contributed by atoms with Crippen LogP contribution in [0.5, 0.6) is 0 Å². The zero-order chi connectivity index (χ0) is 12.8. The highest BCUT2D eigenvalue weighted by molar-refractivity contribution is 5.26. The number of morpholine rings is 1. The van der Waals surface area contributed by atoms with Gasteiger partial charge in [0.25, 0.3) is 0 Å². The van der Waals surface area contributed by atoms with Gasteiger partial charge in [-0.05, 0) is 24.6 Å². The summed E-state index contributed by atoms with van der Waals surface area (Å²) in [6, 6.07) is 9.65. The molecule has 1 saturated heterocycles. The van der Waals surface area contributed by atoms with Crippen LogP contribution < -0.4 is 10.6 Å². The maximum atomic E-state index is 5.55. The van der Waals surface area contributed by atoms with E-state index < -0.39 is 0 Å². The Morgan fingerprint density at radius 3 is 2.72 bits per heavy atom. The van der Waals surface area contributed by atoms with Gasteiger partial charge in [0.2, 0.25) is 0 Å². The lowest BCUT2D eigenvalue weighted by atomic mass is 9.97. The lowest BCUT2D eigenvalue weighted by Crippen LogP contribution is -2.48. The van der Waals surface area contributed by atoms with Crippen molar-refractivity contribution in [2.24, 2.45) is 0 Å². The molecule has 1 aliphatic rings. The Balaban J connectivity index is 2.06. The second kappa shape index (κ2) is 6.88. The fourth-order valence-corrected chi connectivity index (χ4v) is 2.58. The number of ether oxygens (including phenoxy) is 1. The van der Waals surface area contributed by atoms with Crippen molar-refractivity contribution in [3.63, 3.8) is 0 Å². The molecule has 0 spiro atoms. The quantitative estimate of drug-likeness (QED) is 0.835. The largest absolute Gasteiger partial charge is 0.378 e. The Morgan fingerprint density at radius 1 is 1.39 bits per heavy atom. The van der Waals surface area contributed by atoms with E-state index >= 15 is 0 Å². The molecule has 0 aromatic heterocycles. The van der Waals surface area contributed by atoms with Crippen molar-refractivity contribution in [3.05, 3.63) is 35.4 Å². The van der Waals surface area contributed by atoms with E-state index in [1.54, 1.807) is 0 Å². The van der Waals surface area contributed by atoms with Gasteiger partial charge < -0.3 is 15.4 Å². The van der Waals surface area contributed by atoms with Gasteiger partial charge >= 0.3 is 0 Å². The molecule has 0 bridgehead atoms. The molecule has 2 atom stereocenters. The van der Waals surface area contributed by atoms with Gasteiger partial charge in [-0.15, -0.1) is 0 Å². The third-order valence-electron chi connectivity index (χ3n) is 3.54. The molecule has 1 aromatic carbocycles. The first-order valence-electron chi connectivity index (χ1n) is 6.92. The summed E-state index contributed by atoms with van der Waals surface area (Å²) in [6.45, 7) is 4.76. The van der Waals surface area contributed by atoms with E-state index in [9.17, 15) is 0 Å². The molecule has 1 heterocycles. The fourth-order valence-electron chi connectivity index (χ4n) is 2.58. The number of rotatable bonds is 5. The summed E-state index contributed by atoms with van der Waals surface area (Å²) in [6.07, 6.45) is 2.36. The molecule has 1 fully saturated rings. The van der Waals surface area contributed by atoms with Gasteiger partial charge in [-0.1, -0.05) is 37.6 Å². The average molecular weight is 248 g/mol. The molecule has 1 aromatic rings. The van der Waals surface area contributed by atoms with Crippen LogP contribution in [-0.4, -0.2) is 32.8 Å². The summed E-state index contributed by atoms with van der Waals surface area (Å²) >= 11 is 0. The van der Waals surface area contributed by atoms with E-state index in [-0.39, 0.29) is 0 Å². The van der Waals surface area contributed by atoms with Gasteiger partial charge in [-0.25, -0.2) is 0 Å². The summed E-state index contributed by atoms with van der Waals surface area (Å²) < 4.78 is 5.55. The average Bonchev–Trinajstić information content (AvgIpc) is 2.43. The number of nitrogens with one attached hydrogen (secondary N) is 2. The molecule has 0 radical (unpaired) electrons. The molecule has 3 nitrogen and oxygen atoms in total. The van der Waals surface area contributed by atoms with Crippen molar-refractivity contribution in [2.45, 2.75) is 31.8 Å². The van der Waals surface area contributed by atoms with Crippen LogP contribution >= 0.6 is 0 Å². The van der Waals surface area contributed by atoms with Crippen LogP contribution in [0.1, 0.15) is 30.5 Å². The Bertz CT molecular complexity index is 344. The molecule has 0 saturated carbocycles. The monoisotopic (exact) mass is 248 g/mol. The maximum Gasteiger partial charge on any atom is 0.0638 e. The standard InChI is InChI=1S/C15H24N2O/c1-3-4-12-5-7-13(8-6-12)15(16-2)14-11-18-10-9-17-14/h5-8,14-17H,3-4,9-11H2,1-2H3. The fraction of sp³-hybridized carbons (Fsp3) is 0.600. The van der Waals surface area contributed by atoms with Gasteiger partial charge in [-0.2, -0.15) is 0 Å². The molecular formula is C15H24N2O. The van der Waals surface area contributed by atoms with E-state index in [2.05, 4.69) is 41.8 Å². The normalized spacial score (nSPS) is 21.8. The van der Waals surface area contributed by atoms with Crippen LogP contribution in [0.2, 0.25) is 0 Å². The minimum Gasteiger partial charge on any atom is -0.378 e. The third-order valence-corrected chi connectivity index (χ3v) is 3.54. The Hall–Kier alpha value is -0.900. The van der Waals surface area contributed by atoms with Crippen molar-refractivity contribution < 1.29 is 4.74 Å². The molecule has 2 N–H and O–H groups in total. The minimum absolute atomic E-state index is 0.320. The first-order chi connectivity index (χ1) is 8.85.